The number of nitrogens with one attached hydrogen (secondary N) is 2. The number of hydrogen-bond donors (Lipinski definition) is 2. The van der Waals surface area contributed by atoms with E-state index in [0.29, 0.717) is 16.9 Å². The van der Waals surface area contributed by atoms with Gasteiger partial charge in [0.05, 0.1) is 11.9 Å². The molecule has 3 aromatic rings. The van der Waals surface area contributed by atoms with Crippen molar-refractivity contribution in [3.63, 3.8) is 0 Å². The van der Waals surface area contributed by atoms with Crippen LogP contribution in [0.3, 0.4) is 0 Å². The smallest absolute Gasteiger partial charge is 0.274 e. The highest BCUT2D eigenvalue weighted by Crippen LogP contribution is 2.14. The average Bonchev–Trinajstić information content (AvgIpc) is 2.70. The van der Waals surface area contributed by atoms with Gasteiger partial charge in [0.15, 0.2) is 5.78 Å². The van der Waals surface area contributed by atoms with Crippen LogP contribution in [0.4, 0.5) is 11.4 Å². The largest absolute Gasteiger partial charge is 0.383 e. The minimum absolute atomic E-state index is 0.0525. The van der Waals surface area contributed by atoms with Crippen LogP contribution in [0.1, 0.15) is 33.3 Å². The normalized spacial score (nSPS) is 10.4. The van der Waals surface area contributed by atoms with Crippen LogP contribution in [-0.4, -0.2) is 23.2 Å². The van der Waals surface area contributed by atoms with E-state index in [-0.39, 0.29) is 11.7 Å². The minimum atomic E-state index is -0.326. The SMILES string of the molecule is CC(=O)c1cccc(NC(=O)c2ccc(NCCc3ccc(Cl)cc3)cn2)c1. The van der Waals surface area contributed by atoms with Crippen LogP contribution in [0.25, 0.3) is 0 Å². The molecule has 28 heavy (non-hydrogen) atoms. The lowest BCUT2D eigenvalue weighted by molar-refractivity contribution is 0.100. The molecule has 1 aromatic heterocycles. The van der Waals surface area contributed by atoms with E-state index in [1.54, 1.807) is 36.5 Å². The zero-order valence-electron chi connectivity index (χ0n) is 15.4. The predicted octanol–water partition coefficient (Wildman–Crippen LogP) is 4.84. The van der Waals surface area contributed by atoms with Crippen molar-refractivity contribution in [3.05, 3.63) is 88.7 Å². The molecule has 0 saturated heterocycles. The van der Waals surface area contributed by atoms with Crippen molar-refractivity contribution in [2.24, 2.45) is 0 Å². The molecule has 0 saturated carbocycles. The Kier molecular flexibility index (Phi) is 6.40. The Morgan fingerprint density at radius 3 is 2.46 bits per heavy atom. The third kappa shape index (κ3) is 5.41. The van der Waals surface area contributed by atoms with Gasteiger partial charge in [-0.1, -0.05) is 35.9 Å². The number of anilines is 2. The molecule has 2 aromatic carbocycles. The van der Waals surface area contributed by atoms with Gasteiger partial charge in [0.2, 0.25) is 0 Å². The van der Waals surface area contributed by atoms with Crippen LogP contribution in [0.5, 0.6) is 0 Å². The molecule has 2 N–H and O–H groups in total. The fraction of sp³-hybridized carbons (Fsp3) is 0.136. The molecule has 0 fully saturated rings. The molecule has 0 aliphatic carbocycles. The van der Waals surface area contributed by atoms with Gasteiger partial charge in [0.25, 0.3) is 5.91 Å². The molecule has 1 amide bonds. The molecular formula is C22H20ClN3O2. The van der Waals surface area contributed by atoms with E-state index in [2.05, 4.69) is 15.6 Å². The van der Waals surface area contributed by atoms with E-state index in [0.717, 1.165) is 23.7 Å². The summed E-state index contributed by atoms with van der Waals surface area (Å²) >= 11 is 5.88. The lowest BCUT2D eigenvalue weighted by atomic mass is 10.1. The summed E-state index contributed by atoms with van der Waals surface area (Å²) < 4.78 is 0. The van der Waals surface area contributed by atoms with Crippen LogP contribution >= 0.6 is 11.6 Å². The number of Topliss-reactive ketones (excluding diaryl/α,β-unsaturated/α-hetero) is 1. The number of carbonyl (C=O) groups excluding carboxylic acids is 2. The Bertz CT molecular complexity index is 970. The van der Waals surface area contributed by atoms with Crippen molar-refractivity contribution >= 4 is 34.7 Å². The molecular weight excluding hydrogens is 374 g/mol. The standard InChI is InChI=1S/C22H20ClN3O2/c1-15(27)17-3-2-4-19(13-17)26-22(28)21-10-9-20(14-25-21)24-12-11-16-5-7-18(23)8-6-16/h2-10,13-14,24H,11-12H2,1H3,(H,26,28). The van der Waals surface area contributed by atoms with Gasteiger partial charge in [-0.3, -0.25) is 9.59 Å². The van der Waals surface area contributed by atoms with E-state index in [4.69, 9.17) is 11.6 Å². The first-order valence-corrected chi connectivity index (χ1v) is 9.26. The molecule has 0 radical (unpaired) electrons. The van der Waals surface area contributed by atoms with E-state index >= 15 is 0 Å². The van der Waals surface area contributed by atoms with Gasteiger partial charge >= 0.3 is 0 Å². The number of benzene rings is 2. The second-order valence-electron chi connectivity index (χ2n) is 6.33. The first kappa shape index (κ1) is 19.6. The van der Waals surface area contributed by atoms with Gasteiger partial charge < -0.3 is 10.6 Å². The van der Waals surface area contributed by atoms with Crippen LogP contribution in [-0.2, 0) is 6.42 Å². The molecule has 142 valence electrons. The highest BCUT2D eigenvalue weighted by atomic mass is 35.5. The Morgan fingerprint density at radius 2 is 1.79 bits per heavy atom. The molecule has 1 heterocycles. The van der Waals surface area contributed by atoms with Gasteiger partial charge in [-0.05, 0) is 55.3 Å². The number of amides is 1. The van der Waals surface area contributed by atoms with Crippen LogP contribution < -0.4 is 10.6 Å². The highest BCUT2D eigenvalue weighted by molar-refractivity contribution is 6.30. The Labute approximate surface area is 168 Å². The van der Waals surface area contributed by atoms with Gasteiger partial charge in [0, 0.05) is 22.8 Å². The molecule has 5 nitrogen and oxygen atoms in total. The fourth-order valence-corrected chi connectivity index (χ4v) is 2.77. The number of hydrogen-bond acceptors (Lipinski definition) is 4. The molecule has 0 atom stereocenters. The summed E-state index contributed by atoms with van der Waals surface area (Å²) in [6, 6.07) is 18.0. The number of ketones is 1. The van der Waals surface area contributed by atoms with Gasteiger partial charge in [-0.25, -0.2) is 4.98 Å². The van der Waals surface area contributed by atoms with Crippen molar-refractivity contribution in [3.8, 4) is 0 Å². The molecule has 0 bridgehead atoms. The summed E-state index contributed by atoms with van der Waals surface area (Å²) in [4.78, 5) is 28.0. The quantitative estimate of drug-likeness (QED) is 0.563. The average molecular weight is 394 g/mol. The Balaban J connectivity index is 1.54. The van der Waals surface area contributed by atoms with Crippen LogP contribution in [0.2, 0.25) is 5.02 Å². The number of carbonyl (C=O) groups is 2. The number of nitrogens with zero attached hydrogens (tertiary/aromatic N) is 1. The monoisotopic (exact) mass is 393 g/mol. The first-order chi connectivity index (χ1) is 13.5. The summed E-state index contributed by atoms with van der Waals surface area (Å²) in [6.07, 6.45) is 2.48. The Hall–Kier alpha value is -3.18. The molecule has 0 aliphatic rings. The maximum atomic E-state index is 12.3. The summed E-state index contributed by atoms with van der Waals surface area (Å²) in [5, 5.41) is 6.76. The number of aromatic nitrogens is 1. The first-order valence-electron chi connectivity index (χ1n) is 8.88. The molecule has 0 unspecified atom stereocenters. The van der Waals surface area contributed by atoms with Gasteiger partial charge in [0.1, 0.15) is 5.69 Å². The van der Waals surface area contributed by atoms with Crippen molar-refractivity contribution < 1.29 is 9.59 Å². The van der Waals surface area contributed by atoms with Crippen LogP contribution in [0, 0.1) is 0 Å². The van der Waals surface area contributed by atoms with Crippen molar-refractivity contribution in [2.75, 3.05) is 17.2 Å². The van der Waals surface area contributed by atoms with E-state index in [9.17, 15) is 9.59 Å². The number of halogens is 1. The summed E-state index contributed by atoms with van der Waals surface area (Å²) in [5.41, 5.74) is 3.44. The summed E-state index contributed by atoms with van der Waals surface area (Å²) in [6.45, 7) is 2.23. The zero-order chi connectivity index (χ0) is 19.9. The number of rotatable bonds is 7. The lowest BCUT2D eigenvalue weighted by Crippen LogP contribution is -2.14. The Morgan fingerprint density at radius 1 is 1.00 bits per heavy atom. The van der Waals surface area contributed by atoms with Gasteiger partial charge in [-0.2, -0.15) is 0 Å². The van der Waals surface area contributed by atoms with E-state index < -0.39 is 0 Å². The third-order valence-electron chi connectivity index (χ3n) is 4.18. The molecule has 0 spiro atoms. The molecule has 6 heteroatoms. The predicted molar refractivity (Wildman–Crippen MR) is 112 cm³/mol. The van der Waals surface area contributed by atoms with Crippen molar-refractivity contribution in [1.29, 1.82) is 0 Å². The second kappa shape index (κ2) is 9.15. The minimum Gasteiger partial charge on any atom is -0.383 e. The second-order valence-corrected chi connectivity index (χ2v) is 6.76. The summed E-state index contributed by atoms with van der Waals surface area (Å²) in [5.74, 6) is -0.378. The molecule has 3 rings (SSSR count). The van der Waals surface area contributed by atoms with Crippen molar-refractivity contribution in [2.45, 2.75) is 13.3 Å². The third-order valence-corrected chi connectivity index (χ3v) is 4.43. The van der Waals surface area contributed by atoms with E-state index in [1.807, 2.05) is 30.3 Å². The van der Waals surface area contributed by atoms with Gasteiger partial charge in [-0.15, -0.1) is 0 Å². The highest BCUT2D eigenvalue weighted by Gasteiger charge is 2.09. The fourth-order valence-electron chi connectivity index (χ4n) is 2.65. The number of pyridine rings is 1. The maximum absolute atomic E-state index is 12.3. The maximum Gasteiger partial charge on any atom is 0.274 e. The van der Waals surface area contributed by atoms with E-state index in [1.165, 1.54) is 12.5 Å². The van der Waals surface area contributed by atoms with Crippen molar-refractivity contribution in [1.82, 2.24) is 4.98 Å². The molecule has 0 aliphatic heterocycles. The summed E-state index contributed by atoms with van der Waals surface area (Å²) in [7, 11) is 0. The lowest BCUT2D eigenvalue weighted by Gasteiger charge is -2.08. The topological polar surface area (TPSA) is 71.1 Å². The zero-order valence-corrected chi connectivity index (χ0v) is 16.2. The van der Waals surface area contributed by atoms with Crippen LogP contribution in [0.15, 0.2) is 66.9 Å².